The number of rotatable bonds is 2. The van der Waals surface area contributed by atoms with Gasteiger partial charge in [-0.3, -0.25) is 4.79 Å². The van der Waals surface area contributed by atoms with Gasteiger partial charge in [0.25, 0.3) is 5.91 Å². The molecule has 19 heavy (non-hydrogen) atoms. The van der Waals surface area contributed by atoms with Crippen molar-refractivity contribution in [3.05, 3.63) is 65.2 Å². The number of nitrogens with two attached hydrogens (primary N) is 1. The number of carbonyl (C=O) groups excluding carboxylic acids is 1. The summed E-state index contributed by atoms with van der Waals surface area (Å²) in [4.78, 5) is 14.3. The van der Waals surface area contributed by atoms with Gasteiger partial charge in [-0.05, 0) is 35.7 Å². The van der Waals surface area contributed by atoms with Gasteiger partial charge in [0.1, 0.15) is 0 Å². The third-order valence-corrected chi connectivity index (χ3v) is 3.51. The second-order valence-corrected chi connectivity index (χ2v) is 4.88. The number of nitrogens with zero attached hydrogens (tertiary/aromatic N) is 1. The van der Waals surface area contributed by atoms with Gasteiger partial charge in [-0.25, -0.2) is 0 Å². The van der Waals surface area contributed by atoms with Crippen LogP contribution in [-0.2, 0) is 13.0 Å². The average Bonchev–Trinajstić information content (AvgIpc) is 2.42. The van der Waals surface area contributed by atoms with Crippen LogP contribution >= 0.6 is 0 Å². The fraction of sp³-hybridized carbons (Fsp3) is 0.188. The van der Waals surface area contributed by atoms with Gasteiger partial charge >= 0.3 is 0 Å². The average molecular weight is 252 g/mol. The van der Waals surface area contributed by atoms with E-state index in [1.54, 1.807) is 0 Å². The van der Waals surface area contributed by atoms with E-state index in [1.165, 1.54) is 0 Å². The van der Waals surface area contributed by atoms with Crippen LogP contribution in [0.3, 0.4) is 0 Å². The molecule has 1 amide bonds. The van der Waals surface area contributed by atoms with Crippen LogP contribution in [0, 0.1) is 0 Å². The number of anilines is 1. The van der Waals surface area contributed by atoms with Crippen molar-refractivity contribution in [3.63, 3.8) is 0 Å². The minimum Gasteiger partial charge on any atom is -0.399 e. The molecule has 2 aromatic carbocycles. The lowest BCUT2D eigenvalue weighted by Crippen LogP contribution is -2.36. The molecule has 0 aliphatic carbocycles. The van der Waals surface area contributed by atoms with Gasteiger partial charge in [-0.1, -0.05) is 30.3 Å². The first-order valence-corrected chi connectivity index (χ1v) is 6.45. The Balaban J connectivity index is 1.83. The Morgan fingerprint density at radius 2 is 1.95 bits per heavy atom. The highest BCUT2D eigenvalue weighted by Crippen LogP contribution is 2.20. The summed E-state index contributed by atoms with van der Waals surface area (Å²) in [6.45, 7) is 1.39. The van der Waals surface area contributed by atoms with Gasteiger partial charge in [0.15, 0.2) is 0 Å². The Morgan fingerprint density at radius 3 is 2.79 bits per heavy atom. The van der Waals surface area contributed by atoms with Gasteiger partial charge in [0.2, 0.25) is 0 Å². The van der Waals surface area contributed by atoms with Crippen LogP contribution in [0.4, 0.5) is 5.69 Å². The van der Waals surface area contributed by atoms with E-state index in [2.05, 4.69) is 0 Å². The van der Waals surface area contributed by atoms with E-state index in [0.717, 1.165) is 35.3 Å². The molecular formula is C16H16N2O. The van der Waals surface area contributed by atoms with E-state index < -0.39 is 0 Å². The highest BCUT2D eigenvalue weighted by molar-refractivity contribution is 5.96. The topological polar surface area (TPSA) is 46.3 Å². The summed E-state index contributed by atoms with van der Waals surface area (Å²) in [6.07, 6.45) is 0.921. The molecule has 0 bridgehead atoms. The molecule has 0 unspecified atom stereocenters. The number of hydrogen-bond donors (Lipinski definition) is 1. The van der Waals surface area contributed by atoms with Crippen molar-refractivity contribution < 1.29 is 4.79 Å². The van der Waals surface area contributed by atoms with Gasteiger partial charge < -0.3 is 10.6 Å². The van der Waals surface area contributed by atoms with Crippen molar-refractivity contribution >= 4 is 11.6 Å². The molecule has 3 nitrogen and oxygen atoms in total. The van der Waals surface area contributed by atoms with Crippen LogP contribution in [0.25, 0.3) is 0 Å². The van der Waals surface area contributed by atoms with Crippen molar-refractivity contribution in [1.29, 1.82) is 0 Å². The number of hydrogen-bond acceptors (Lipinski definition) is 2. The molecule has 2 N–H and O–H groups in total. The Bertz CT molecular complexity index is 622. The molecule has 96 valence electrons. The maximum absolute atomic E-state index is 12.4. The summed E-state index contributed by atoms with van der Waals surface area (Å²) in [5.41, 5.74) is 9.57. The summed E-state index contributed by atoms with van der Waals surface area (Å²) < 4.78 is 0. The third-order valence-electron chi connectivity index (χ3n) is 3.51. The maximum atomic E-state index is 12.4. The van der Waals surface area contributed by atoms with Crippen LogP contribution in [0.2, 0.25) is 0 Å². The molecule has 3 rings (SSSR count). The Morgan fingerprint density at radius 1 is 1.11 bits per heavy atom. The van der Waals surface area contributed by atoms with Crippen LogP contribution in [0.5, 0.6) is 0 Å². The Labute approximate surface area is 112 Å². The second-order valence-electron chi connectivity index (χ2n) is 4.88. The maximum Gasteiger partial charge on any atom is 0.254 e. The van der Waals surface area contributed by atoms with Crippen LogP contribution in [0.15, 0.2) is 48.5 Å². The molecule has 0 saturated carbocycles. The predicted octanol–water partition coefficient (Wildman–Crippen LogP) is 2.47. The Kier molecular flexibility index (Phi) is 2.95. The summed E-state index contributed by atoms with van der Waals surface area (Å²) in [7, 11) is 0. The first-order valence-electron chi connectivity index (χ1n) is 6.45. The molecule has 0 spiro atoms. The van der Waals surface area contributed by atoms with Crippen molar-refractivity contribution in [2.24, 2.45) is 0 Å². The molecule has 3 heteroatoms. The molecule has 2 aromatic rings. The third kappa shape index (κ3) is 2.32. The minimum absolute atomic E-state index is 0.115. The lowest BCUT2D eigenvalue weighted by molar-refractivity contribution is 0.0727. The van der Waals surface area contributed by atoms with Crippen molar-refractivity contribution in [2.75, 3.05) is 12.3 Å². The highest BCUT2D eigenvalue weighted by atomic mass is 16.2. The van der Waals surface area contributed by atoms with Crippen molar-refractivity contribution in [2.45, 2.75) is 13.0 Å². The molecule has 1 aliphatic rings. The smallest absolute Gasteiger partial charge is 0.254 e. The van der Waals surface area contributed by atoms with Gasteiger partial charge in [-0.15, -0.1) is 0 Å². The van der Waals surface area contributed by atoms with E-state index >= 15 is 0 Å². The first-order chi connectivity index (χ1) is 9.24. The van der Waals surface area contributed by atoms with E-state index in [4.69, 9.17) is 5.73 Å². The van der Waals surface area contributed by atoms with Crippen LogP contribution in [0.1, 0.15) is 21.5 Å². The lowest BCUT2D eigenvalue weighted by atomic mass is 9.98. The van der Waals surface area contributed by atoms with E-state index in [-0.39, 0.29) is 5.91 Å². The minimum atomic E-state index is 0.115. The van der Waals surface area contributed by atoms with Crippen LogP contribution in [-0.4, -0.2) is 17.4 Å². The molecule has 1 heterocycles. The van der Waals surface area contributed by atoms with Crippen LogP contribution < -0.4 is 5.73 Å². The molecule has 0 atom stereocenters. The standard InChI is InChI=1S/C16H16N2O/c17-14-6-3-4-12(10-14)11-18-9-8-13-5-1-2-7-15(13)16(18)19/h1-7,10H,8-9,11,17H2. The first kappa shape index (κ1) is 11.8. The van der Waals surface area contributed by atoms with E-state index in [0.29, 0.717) is 6.54 Å². The number of amides is 1. The zero-order valence-corrected chi connectivity index (χ0v) is 10.7. The molecule has 0 saturated heterocycles. The molecular weight excluding hydrogens is 236 g/mol. The molecule has 0 radical (unpaired) electrons. The molecule has 1 aliphatic heterocycles. The lowest BCUT2D eigenvalue weighted by Gasteiger charge is -2.28. The number of benzene rings is 2. The summed E-state index contributed by atoms with van der Waals surface area (Å²) in [5.74, 6) is 0.115. The molecule has 0 aromatic heterocycles. The monoisotopic (exact) mass is 252 g/mol. The predicted molar refractivity (Wildman–Crippen MR) is 75.7 cm³/mol. The summed E-state index contributed by atoms with van der Waals surface area (Å²) in [6, 6.07) is 15.6. The zero-order valence-electron chi connectivity index (χ0n) is 10.7. The summed E-state index contributed by atoms with van der Waals surface area (Å²) >= 11 is 0. The summed E-state index contributed by atoms with van der Waals surface area (Å²) in [5, 5.41) is 0. The fourth-order valence-electron chi connectivity index (χ4n) is 2.54. The quantitative estimate of drug-likeness (QED) is 0.835. The zero-order chi connectivity index (χ0) is 13.2. The molecule has 0 fully saturated rings. The number of nitrogen functional groups attached to an aromatic ring is 1. The SMILES string of the molecule is Nc1cccc(CN2CCc3ccccc3C2=O)c1. The fourth-order valence-corrected chi connectivity index (χ4v) is 2.54. The van der Waals surface area contributed by atoms with Crippen molar-refractivity contribution in [3.8, 4) is 0 Å². The highest BCUT2D eigenvalue weighted by Gasteiger charge is 2.23. The normalized spacial score (nSPS) is 14.3. The number of fused-ring (bicyclic) bond motifs is 1. The van der Waals surface area contributed by atoms with E-state index in [9.17, 15) is 4.79 Å². The van der Waals surface area contributed by atoms with Crippen molar-refractivity contribution in [1.82, 2.24) is 4.90 Å². The van der Waals surface area contributed by atoms with Gasteiger partial charge in [0, 0.05) is 24.3 Å². The largest absolute Gasteiger partial charge is 0.399 e. The number of carbonyl (C=O) groups is 1. The van der Waals surface area contributed by atoms with Gasteiger partial charge in [0.05, 0.1) is 0 Å². The second kappa shape index (κ2) is 4.76. The van der Waals surface area contributed by atoms with E-state index in [1.807, 2.05) is 53.4 Å². The van der Waals surface area contributed by atoms with Gasteiger partial charge in [-0.2, -0.15) is 0 Å². The Hall–Kier alpha value is -2.29.